The first-order valence-corrected chi connectivity index (χ1v) is 10.6. The van der Waals surface area contributed by atoms with Gasteiger partial charge in [0.05, 0.1) is 24.4 Å². The summed E-state index contributed by atoms with van der Waals surface area (Å²) in [5.74, 6) is 0.807. The first-order valence-electron chi connectivity index (χ1n) is 10.3. The summed E-state index contributed by atoms with van der Waals surface area (Å²) in [6.45, 7) is 6.14. The number of carbonyl (C=O) groups is 1. The number of alkyl halides is 3. The largest absolute Gasteiger partial charge is 0.495 e. The van der Waals surface area contributed by atoms with Crippen molar-refractivity contribution >= 4 is 29.0 Å². The van der Waals surface area contributed by atoms with Gasteiger partial charge in [-0.05, 0) is 44.0 Å². The fraction of sp³-hybridized carbons (Fsp3) is 0.455. The molecule has 32 heavy (non-hydrogen) atoms. The highest BCUT2D eigenvalue weighted by Gasteiger charge is 2.31. The lowest BCUT2D eigenvalue weighted by Crippen LogP contribution is -2.44. The van der Waals surface area contributed by atoms with Gasteiger partial charge in [0.2, 0.25) is 5.91 Å². The van der Waals surface area contributed by atoms with Gasteiger partial charge in [0.25, 0.3) is 0 Å². The molecule has 6 nitrogen and oxygen atoms in total. The van der Waals surface area contributed by atoms with E-state index in [2.05, 4.69) is 15.2 Å². The first-order chi connectivity index (χ1) is 15.1. The third-order valence-corrected chi connectivity index (χ3v) is 6.00. The molecule has 0 radical (unpaired) electrons. The van der Waals surface area contributed by atoms with Crippen molar-refractivity contribution < 1.29 is 22.7 Å². The Morgan fingerprint density at radius 3 is 2.59 bits per heavy atom. The smallest absolute Gasteiger partial charge is 0.417 e. The molecule has 0 bridgehead atoms. The van der Waals surface area contributed by atoms with Crippen LogP contribution in [0.15, 0.2) is 30.5 Å². The Labute approximate surface area is 190 Å². The molecule has 0 aliphatic carbocycles. The molecule has 174 valence electrons. The van der Waals surface area contributed by atoms with Gasteiger partial charge in [-0.2, -0.15) is 13.2 Å². The lowest BCUT2D eigenvalue weighted by Gasteiger charge is -2.27. The SMILES string of the molecule is COc1cc(Cl)c(C)cc1NC(=O)C(C)N1CCCN(c2ccc(C(F)(F)F)cn2)CC1. The Morgan fingerprint density at radius 1 is 1.22 bits per heavy atom. The number of rotatable bonds is 5. The molecule has 0 saturated carbocycles. The highest BCUT2D eigenvalue weighted by Crippen LogP contribution is 2.31. The van der Waals surface area contributed by atoms with E-state index in [0.29, 0.717) is 48.5 Å². The summed E-state index contributed by atoms with van der Waals surface area (Å²) in [5.41, 5.74) is 0.609. The maximum absolute atomic E-state index is 12.9. The Morgan fingerprint density at radius 2 is 1.97 bits per heavy atom. The number of hydrogen-bond donors (Lipinski definition) is 1. The van der Waals surface area contributed by atoms with E-state index in [0.717, 1.165) is 24.2 Å². The molecule has 1 aliphatic heterocycles. The fourth-order valence-corrected chi connectivity index (χ4v) is 3.78. The van der Waals surface area contributed by atoms with E-state index in [4.69, 9.17) is 16.3 Å². The van der Waals surface area contributed by atoms with Gasteiger partial charge in [0, 0.05) is 43.5 Å². The van der Waals surface area contributed by atoms with Crippen LogP contribution in [0.1, 0.15) is 24.5 Å². The van der Waals surface area contributed by atoms with Crippen LogP contribution < -0.4 is 15.0 Å². The number of anilines is 2. The van der Waals surface area contributed by atoms with Crippen LogP contribution in [0.5, 0.6) is 5.75 Å². The van der Waals surface area contributed by atoms with Gasteiger partial charge in [-0.15, -0.1) is 0 Å². The van der Waals surface area contributed by atoms with Gasteiger partial charge >= 0.3 is 6.18 Å². The second kappa shape index (κ2) is 9.95. The van der Waals surface area contributed by atoms with E-state index >= 15 is 0 Å². The highest BCUT2D eigenvalue weighted by atomic mass is 35.5. The molecule has 3 rings (SSSR count). The van der Waals surface area contributed by atoms with Crippen molar-refractivity contribution in [3.63, 3.8) is 0 Å². The monoisotopic (exact) mass is 470 g/mol. The van der Waals surface area contributed by atoms with Crippen LogP contribution in [0, 0.1) is 6.92 Å². The molecule has 10 heteroatoms. The zero-order valence-corrected chi connectivity index (χ0v) is 18.9. The minimum absolute atomic E-state index is 0.175. The topological polar surface area (TPSA) is 57.7 Å². The molecular weight excluding hydrogens is 445 g/mol. The zero-order chi connectivity index (χ0) is 23.5. The molecule has 1 aromatic carbocycles. The number of amides is 1. The van der Waals surface area contributed by atoms with Gasteiger partial charge in [0.1, 0.15) is 11.6 Å². The van der Waals surface area contributed by atoms with Crippen LogP contribution in [0.3, 0.4) is 0 Å². The molecule has 1 aromatic heterocycles. The molecule has 1 atom stereocenters. The summed E-state index contributed by atoms with van der Waals surface area (Å²) in [6.07, 6.45) is -2.80. The maximum Gasteiger partial charge on any atom is 0.417 e. The van der Waals surface area contributed by atoms with Gasteiger partial charge in [-0.1, -0.05) is 11.6 Å². The van der Waals surface area contributed by atoms with Gasteiger partial charge in [0.15, 0.2) is 0 Å². The van der Waals surface area contributed by atoms with Crippen molar-refractivity contribution in [3.8, 4) is 5.75 Å². The Balaban J connectivity index is 1.63. The number of pyridine rings is 1. The van der Waals surface area contributed by atoms with E-state index in [9.17, 15) is 18.0 Å². The average Bonchev–Trinajstić information content (AvgIpc) is 3.01. The Kier molecular flexibility index (Phi) is 7.51. The molecule has 1 unspecified atom stereocenters. The van der Waals surface area contributed by atoms with E-state index in [-0.39, 0.29) is 5.91 Å². The third-order valence-electron chi connectivity index (χ3n) is 5.60. The molecule has 1 amide bonds. The molecule has 1 saturated heterocycles. The summed E-state index contributed by atoms with van der Waals surface area (Å²) >= 11 is 6.13. The normalized spacial score (nSPS) is 16.4. The van der Waals surface area contributed by atoms with Crippen LogP contribution >= 0.6 is 11.6 Å². The lowest BCUT2D eigenvalue weighted by molar-refractivity contribution is -0.137. The van der Waals surface area contributed by atoms with E-state index in [1.54, 1.807) is 12.1 Å². The van der Waals surface area contributed by atoms with Crippen molar-refractivity contribution in [1.82, 2.24) is 9.88 Å². The molecule has 1 fully saturated rings. The predicted octanol–water partition coefficient (Wildman–Crippen LogP) is 4.61. The van der Waals surface area contributed by atoms with Crippen LogP contribution in [0.4, 0.5) is 24.7 Å². The second-order valence-electron chi connectivity index (χ2n) is 7.75. The van der Waals surface area contributed by atoms with Crippen molar-refractivity contribution in [2.45, 2.75) is 32.5 Å². The Hall–Kier alpha value is -2.52. The number of methoxy groups -OCH3 is 1. The number of nitrogens with one attached hydrogen (secondary N) is 1. The Bertz CT molecular complexity index is 953. The predicted molar refractivity (Wildman–Crippen MR) is 118 cm³/mol. The van der Waals surface area contributed by atoms with Crippen LogP contribution in [-0.4, -0.2) is 55.1 Å². The molecule has 2 aromatic rings. The maximum atomic E-state index is 12.9. The molecule has 1 aliphatic rings. The van der Waals surface area contributed by atoms with E-state index < -0.39 is 17.8 Å². The minimum atomic E-state index is -4.41. The third kappa shape index (κ3) is 5.63. The average molecular weight is 471 g/mol. The van der Waals surface area contributed by atoms with Crippen LogP contribution in [0.25, 0.3) is 0 Å². The van der Waals surface area contributed by atoms with Gasteiger partial charge in [-0.25, -0.2) is 4.98 Å². The van der Waals surface area contributed by atoms with Crippen LogP contribution in [-0.2, 0) is 11.0 Å². The van der Waals surface area contributed by atoms with Crippen molar-refractivity contribution in [2.75, 3.05) is 43.5 Å². The molecular formula is C22H26ClF3N4O2. The standard InChI is InChI=1S/C22H26ClF3N4O2/c1-14-11-18(19(32-3)12-17(14)23)28-21(31)15(2)29-7-4-8-30(10-9-29)20-6-5-16(13-27-20)22(24,25)26/h5-6,11-13,15H,4,7-10H2,1-3H3,(H,28,31). The number of halogens is 4. The molecule has 1 N–H and O–H groups in total. The fourth-order valence-electron chi connectivity index (χ4n) is 3.63. The summed E-state index contributed by atoms with van der Waals surface area (Å²) in [5, 5.41) is 3.47. The number of nitrogens with zero attached hydrogens (tertiary/aromatic N) is 3. The number of ether oxygens (including phenoxy) is 1. The second-order valence-corrected chi connectivity index (χ2v) is 8.15. The number of hydrogen-bond acceptors (Lipinski definition) is 5. The molecule has 0 spiro atoms. The lowest BCUT2D eigenvalue weighted by atomic mass is 10.2. The van der Waals surface area contributed by atoms with Gasteiger partial charge < -0.3 is 15.0 Å². The van der Waals surface area contributed by atoms with Crippen molar-refractivity contribution in [2.24, 2.45) is 0 Å². The summed E-state index contributed by atoms with van der Waals surface area (Å²) in [4.78, 5) is 20.9. The summed E-state index contributed by atoms with van der Waals surface area (Å²) in [7, 11) is 1.51. The highest BCUT2D eigenvalue weighted by molar-refractivity contribution is 6.31. The number of aryl methyl sites for hydroxylation is 1. The summed E-state index contributed by atoms with van der Waals surface area (Å²) < 4.78 is 43.7. The minimum Gasteiger partial charge on any atom is -0.495 e. The van der Waals surface area contributed by atoms with Gasteiger partial charge in [-0.3, -0.25) is 9.69 Å². The van der Waals surface area contributed by atoms with E-state index in [1.165, 1.54) is 13.2 Å². The van der Waals surface area contributed by atoms with E-state index in [1.807, 2.05) is 18.7 Å². The quantitative estimate of drug-likeness (QED) is 0.691. The molecule has 2 heterocycles. The zero-order valence-electron chi connectivity index (χ0n) is 18.2. The summed E-state index contributed by atoms with van der Waals surface area (Å²) in [6, 6.07) is 5.47. The van der Waals surface area contributed by atoms with Crippen molar-refractivity contribution in [1.29, 1.82) is 0 Å². The number of carbonyl (C=O) groups excluding carboxylic acids is 1. The number of aromatic nitrogens is 1. The van der Waals surface area contributed by atoms with Crippen LogP contribution in [0.2, 0.25) is 5.02 Å². The first kappa shape index (κ1) is 24.1. The van der Waals surface area contributed by atoms with Crippen molar-refractivity contribution in [3.05, 3.63) is 46.6 Å². The number of benzene rings is 1.